The molecule has 1 atom stereocenters. The molecule has 0 radical (unpaired) electrons. The maximum absolute atomic E-state index is 13.6. The van der Waals surface area contributed by atoms with Gasteiger partial charge in [0.2, 0.25) is 5.78 Å². The first-order chi connectivity index (χ1) is 13.8. The highest BCUT2D eigenvalue weighted by molar-refractivity contribution is 6.33. The van der Waals surface area contributed by atoms with Gasteiger partial charge in [0, 0.05) is 11.1 Å². The summed E-state index contributed by atoms with van der Waals surface area (Å²) in [5, 5.41) is -0.306. The molecule has 0 fully saturated rings. The minimum Gasteiger partial charge on any atom is -0.445 e. The summed E-state index contributed by atoms with van der Waals surface area (Å²) < 4.78 is 32.3. The fraction of sp³-hybridized carbons (Fsp3) is 0.130. The van der Waals surface area contributed by atoms with E-state index >= 15 is 0 Å². The van der Waals surface area contributed by atoms with Gasteiger partial charge in [-0.15, -0.1) is 0 Å². The van der Waals surface area contributed by atoms with E-state index in [1.165, 1.54) is 0 Å². The van der Waals surface area contributed by atoms with Crippen LogP contribution in [0, 0.1) is 25.5 Å². The molecule has 0 aliphatic rings. The van der Waals surface area contributed by atoms with E-state index in [0.29, 0.717) is 23.3 Å². The van der Waals surface area contributed by atoms with Gasteiger partial charge in [-0.05, 0) is 26.0 Å². The molecule has 148 valence electrons. The summed E-state index contributed by atoms with van der Waals surface area (Å²) in [6, 6.07) is 15.1. The van der Waals surface area contributed by atoms with Crippen molar-refractivity contribution in [2.75, 3.05) is 0 Å². The molecule has 0 amide bonds. The number of ether oxygens (including phenoxy) is 1. The quantitative estimate of drug-likeness (QED) is 0.291. The van der Waals surface area contributed by atoms with Gasteiger partial charge in [-0.3, -0.25) is 4.79 Å². The van der Waals surface area contributed by atoms with Crippen LogP contribution in [0.1, 0.15) is 43.5 Å². The Morgan fingerprint density at radius 1 is 0.862 bits per heavy atom. The van der Waals surface area contributed by atoms with Gasteiger partial charge < -0.3 is 4.74 Å². The first kappa shape index (κ1) is 20.7. The second kappa shape index (κ2) is 8.53. The third-order valence-electron chi connectivity index (χ3n) is 4.41. The molecule has 0 saturated heterocycles. The van der Waals surface area contributed by atoms with Crippen molar-refractivity contribution >= 4 is 23.4 Å². The van der Waals surface area contributed by atoms with E-state index in [0.717, 1.165) is 11.1 Å². The Morgan fingerprint density at radius 2 is 1.38 bits per heavy atom. The molecule has 0 heterocycles. The Labute approximate surface area is 171 Å². The Balaban J connectivity index is 1.98. The number of benzene rings is 3. The summed E-state index contributed by atoms with van der Waals surface area (Å²) in [7, 11) is 0. The number of carbonyl (C=O) groups excluding carboxylic acids is 2. The van der Waals surface area contributed by atoms with Gasteiger partial charge in [0.1, 0.15) is 0 Å². The van der Waals surface area contributed by atoms with Crippen LogP contribution in [0.15, 0.2) is 60.7 Å². The molecule has 29 heavy (non-hydrogen) atoms. The van der Waals surface area contributed by atoms with Crippen molar-refractivity contribution in [3.8, 4) is 0 Å². The first-order valence-corrected chi connectivity index (χ1v) is 9.17. The second-order valence-electron chi connectivity index (χ2n) is 6.67. The van der Waals surface area contributed by atoms with Gasteiger partial charge in [-0.2, -0.15) is 0 Å². The van der Waals surface area contributed by atoms with Crippen molar-refractivity contribution in [3.63, 3.8) is 0 Å². The third kappa shape index (κ3) is 4.69. The molecule has 0 unspecified atom stereocenters. The lowest BCUT2D eigenvalue weighted by molar-refractivity contribution is 0.0279. The van der Waals surface area contributed by atoms with Crippen LogP contribution in [0.3, 0.4) is 0 Å². The Hall–Kier alpha value is -3.05. The van der Waals surface area contributed by atoms with Crippen molar-refractivity contribution in [3.05, 3.63) is 105 Å². The molecule has 0 spiro atoms. The highest BCUT2D eigenvalue weighted by Crippen LogP contribution is 2.27. The van der Waals surface area contributed by atoms with Crippen LogP contribution in [-0.4, -0.2) is 11.8 Å². The third-order valence-corrected chi connectivity index (χ3v) is 4.72. The Kier molecular flexibility index (Phi) is 6.09. The topological polar surface area (TPSA) is 43.4 Å². The van der Waals surface area contributed by atoms with Gasteiger partial charge in [0.15, 0.2) is 17.7 Å². The highest BCUT2D eigenvalue weighted by Gasteiger charge is 2.28. The molecule has 0 aliphatic carbocycles. The van der Waals surface area contributed by atoms with E-state index in [1.807, 2.05) is 13.8 Å². The number of esters is 1. The summed E-state index contributed by atoms with van der Waals surface area (Å²) >= 11 is 5.87. The SMILES string of the molecule is Cc1ccc(C(=O)[C@H](OC(=O)c2cc(F)c(F)cc2Cl)c2ccc(C)cc2)cc1. The lowest BCUT2D eigenvalue weighted by atomic mass is 9.98. The predicted octanol–water partition coefficient (Wildman–Crippen LogP) is 6.02. The molecular formula is C23H17ClF2O3. The zero-order valence-corrected chi connectivity index (χ0v) is 16.5. The molecule has 3 rings (SSSR count). The van der Waals surface area contributed by atoms with Gasteiger partial charge >= 0.3 is 5.97 Å². The molecule has 0 bridgehead atoms. The Morgan fingerprint density at radius 3 is 1.97 bits per heavy atom. The molecule has 0 N–H and O–H groups in total. The summed E-state index contributed by atoms with van der Waals surface area (Å²) in [5.41, 5.74) is 2.38. The van der Waals surface area contributed by atoms with Crippen LogP contribution >= 0.6 is 11.6 Å². The van der Waals surface area contributed by atoms with Crippen molar-refractivity contribution in [2.45, 2.75) is 20.0 Å². The number of ketones is 1. The van der Waals surface area contributed by atoms with E-state index in [2.05, 4.69) is 0 Å². The van der Waals surface area contributed by atoms with Gasteiger partial charge in [0.05, 0.1) is 10.6 Å². The van der Waals surface area contributed by atoms with Gasteiger partial charge in [0.25, 0.3) is 0 Å². The fourth-order valence-electron chi connectivity index (χ4n) is 2.73. The molecule has 0 aliphatic heterocycles. The largest absolute Gasteiger partial charge is 0.445 e. The van der Waals surface area contributed by atoms with Crippen molar-refractivity contribution in [2.24, 2.45) is 0 Å². The first-order valence-electron chi connectivity index (χ1n) is 8.79. The lowest BCUT2D eigenvalue weighted by Gasteiger charge is -2.18. The molecule has 3 aromatic carbocycles. The van der Waals surface area contributed by atoms with E-state index in [9.17, 15) is 18.4 Å². The van der Waals surface area contributed by atoms with E-state index in [1.54, 1.807) is 48.5 Å². The fourth-order valence-corrected chi connectivity index (χ4v) is 2.96. The van der Waals surface area contributed by atoms with E-state index in [-0.39, 0.29) is 10.6 Å². The normalized spacial score (nSPS) is 11.8. The molecule has 6 heteroatoms. The number of hydrogen-bond donors (Lipinski definition) is 0. The van der Waals surface area contributed by atoms with Crippen LogP contribution in [0.2, 0.25) is 5.02 Å². The maximum atomic E-state index is 13.6. The minimum absolute atomic E-state index is 0.306. The van der Waals surface area contributed by atoms with Crippen molar-refractivity contribution in [1.82, 2.24) is 0 Å². The van der Waals surface area contributed by atoms with Crippen LogP contribution < -0.4 is 0 Å². The number of aryl methyl sites for hydroxylation is 2. The summed E-state index contributed by atoms with van der Waals surface area (Å²) in [6.45, 7) is 3.77. The van der Waals surface area contributed by atoms with E-state index < -0.39 is 29.5 Å². The minimum atomic E-state index is -1.27. The van der Waals surface area contributed by atoms with Crippen molar-refractivity contribution in [1.29, 1.82) is 0 Å². The number of rotatable bonds is 5. The molecule has 0 aromatic heterocycles. The van der Waals surface area contributed by atoms with Crippen molar-refractivity contribution < 1.29 is 23.1 Å². The average Bonchev–Trinajstić information content (AvgIpc) is 2.69. The van der Waals surface area contributed by atoms with Gasteiger partial charge in [-0.1, -0.05) is 71.3 Å². The number of Topliss-reactive ketones (excluding diaryl/α,β-unsaturated/α-hetero) is 1. The predicted molar refractivity (Wildman–Crippen MR) is 106 cm³/mol. The average molecular weight is 415 g/mol. The summed E-state index contributed by atoms with van der Waals surface area (Å²) in [4.78, 5) is 25.7. The number of halogens is 3. The number of hydrogen-bond acceptors (Lipinski definition) is 3. The van der Waals surface area contributed by atoms with E-state index in [4.69, 9.17) is 16.3 Å². The van der Waals surface area contributed by atoms with Crippen LogP contribution in [0.5, 0.6) is 0 Å². The Bertz CT molecular complexity index is 1060. The maximum Gasteiger partial charge on any atom is 0.340 e. The zero-order chi connectivity index (χ0) is 21.1. The second-order valence-corrected chi connectivity index (χ2v) is 7.08. The molecule has 0 saturated carbocycles. The smallest absolute Gasteiger partial charge is 0.340 e. The molecule has 3 aromatic rings. The number of carbonyl (C=O) groups is 2. The summed E-state index contributed by atoms with van der Waals surface area (Å²) in [6.07, 6.45) is -1.27. The van der Waals surface area contributed by atoms with Gasteiger partial charge in [-0.25, -0.2) is 13.6 Å². The molecular weight excluding hydrogens is 398 g/mol. The zero-order valence-electron chi connectivity index (χ0n) is 15.7. The van der Waals surface area contributed by atoms with Crippen LogP contribution in [0.25, 0.3) is 0 Å². The molecule has 3 nitrogen and oxygen atoms in total. The summed E-state index contributed by atoms with van der Waals surface area (Å²) in [5.74, 6) is -3.89. The lowest BCUT2D eigenvalue weighted by Crippen LogP contribution is -2.21. The van der Waals surface area contributed by atoms with Crippen LogP contribution in [0.4, 0.5) is 8.78 Å². The highest BCUT2D eigenvalue weighted by atomic mass is 35.5. The van der Waals surface area contributed by atoms with Crippen LogP contribution in [-0.2, 0) is 4.74 Å². The monoisotopic (exact) mass is 414 g/mol. The standard InChI is InChI=1S/C23H17ClF2O3/c1-13-3-7-15(8-4-13)21(27)22(16-9-5-14(2)6-10-16)29-23(28)17-11-19(25)20(26)12-18(17)24/h3-12,22H,1-2H3/t22-/m1/s1.